The molecule has 33 heavy (non-hydrogen) atoms. The molecule has 2 bridgehead atoms. The van der Waals surface area contributed by atoms with Crippen LogP contribution in [0, 0.1) is 23.2 Å². The van der Waals surface area contributed by atoms with Crippen molar-refractivity contribution in [2.24, 2.45) is 23.2 Å². The molecule has 3 saturated heterocycles. The molecule has 3 aliphatic rings. The molecule has 0 radical (unpaired) electrons. The fourth-order valence-corrected chi connectivity index (χ4v) is 9.01. The van der Waals surface area contributed by atoms with Gasteiger partial charge in [0.15, 0.2) is 0 Å². The summed E-state index contributed by atoms with van der Waals surface area (Å²) in [6.45, 7) is 14.3. The van der Waals surface area contributed by atoms with E-state index >= 15 is 0 Å². The number of fused-ring (bicyclic) bond motifs is 1. The Morgan fingerprint density at radius 1 is 1.24 bits per heavy atom. The standard InChI is InChI=1S/C25H43N3O4S/c1-9-14(2)15(12-29)28-19(21(31)27-24(6,7)13-23(3,4)5)25-11-10-16(33-25)17(20(30)26-8)18(25)22(28)32/h14-19,29H,9-13H2,1-8H3,(H,26,30)(H,27,31)/t14-,15-,16-,17+,18-,19?,25?/m0/s1. The van der Waals surface area contributed by atoms with Crippen LogP contribution in [-0.2, 0) is 14.4 Å². The monoisotopic (exact) mass is 481 g/mol. The van der Waals surface area contributed by atoms with E-state index in [0.717, 1.165) is 25.7 Å². The van der Waals surface area contributed by atoms with Gasteiger partial charge in [0.25, 0.3) is 0 Å². The Bertz CT molecular complexity index is 795. The van der Waals surface area contributed by atoms with Gasteiger partial charge in [-0.1, -0.05) is 41.0 Å². The highest BCUT2D eigenvalue weighted by Crippen LogP contribution is 2.66. The molecule has 0 aromatic rings. The van der Waals surface area contributed by atoms with E-state index < -0.39 is 34.2 Å². The fraction of sp³-hybridized carbons (Fsp3) is 0.880. The molecule has 7 nitrogen and oxygen atoms in total. The summed E-state index contributed by atoms with van der Waals surface area (Å²) in [5, 5.41) is 16.4. The van der Waals surface area contributed by atoms with E-state index in [0.29, 0.717) is 0 Å². The van der Waals surface area contributed by atoms with E-state index in [4.69, 9.17) is 0 Å². The molecule has 0 saturated carbocycles. The van der Waals surface area contributed by atoms with Crippen molar-refractivity contribution in [1.29, 1.82) is 0 Å². The third-order valence-corrected chi connectivity index (χ3v) is 9.77. The summed E-state index contributed by atoms with van der Waals surface area (Å²) in [5.74, 6) is -1.35. The Morgan fingerprint density at radius 3 is 2.39 bits per heavy atom. The number of likely N-dealkylation sites (tertiary alicyclic amines) is 1. The number of nitrogens with zero attached hydrogens (tertiary/aromatic N) is 1. The van der Waals surface area contributed by atoms with Crippen LogP contribution in [0.2, 0.25) is 0 Å². The SMILES string of the molecule is CC[C@H](C)[C@H](CO)N1C(=O)[C@@H]2[C@H](C(=O)NC)[C@@H]3CCC2(S3)C1C(=O)NC(C)(C)CC(C)(C)C. The highest BCUT2D eigenvalue weighted by molar-refractivity contribution is 8.02. The number of thioether (sulfide) groups is 1. The summed E-state index contributed by atoms with van der Waals surface area (Å²) in [4.78, 5) is 42.5. The van der Waals surface area contributed by atoms with Crippen molar-refractivity contribution in [3.05, 3.63) is 0 Å². The van der Waals surface area contributed by atoms with Gasteiger partial charge < -0.3 is 20.6 Å². The van der Waals surface area contributed by atoms with Crippen LogP contribution in [0.15, 0.2) is 0 Å². The quantitative estimate of drug-likeness (QED) is 0.495. The lowest BCUT2D eigenvalue weighted by Crippen LogP contribution is -2.61. The maximum Gasteiger partial charge on any atom is 0.244 e. The number of amides is 3. The van der Waals surface area contributed by atoms with Crippen molar-refractivity contribution in [3.63, 3.8) is 0 Å². The Hall–Kier alpha value is -1.28. The second kappa shape index (κ2) is 9.06. The maximum absolute atomic E-state index is 14.0. The van der Waals surface area contributed by atoms with Crippen molar-refractivity contribution >= 4 is 29.5 Å². The third-order valence-electron chi connectivity index (χ3n) is 7.81. The summed E-state index contributed by atoms with van der Waals surface area (Å²) >= 11 is 1.67. The molecule has 3 amide bonds. The fourth-order valence-electron chi connectivity index (χ4n) is 6.80. The zero-order valence-corrected chi connectivity index (χ0v) is 22.3. The minimum atomic E-state index is -0.690. The zero-order valence-electron chi connectivity index (χ0n) is 21.5. The molecular weight excluding hydrogens is 438 g/mol. The molecule has 7 atom stereocenters. The Labute approximate surface area is 203 Å². The summed E-state index contributed by atoms with van der Waals surface area (Å²) in [6, 6.07) is -1.14. The van der Waals surface area contributed by atoms with E-state index in [1.807, 2.05) is 27.7 Å². The number of rotatable bonds is 8. The molecule has 3 rings (SSSR count). The van der Waals surface area contributed by atoms with Gasteiger partial charge >= 0.3 is 0 Å². The highest BCUT2D eigenvalue weighted by atomic mass is 32.2. The van der Waals surface area contributed by atoms with Crippen LogP contribution in [0.5, 0.6) is 0 Å². The average Bonchev–Trinajstić information content (AvgIpc) is 3.33. The number of carbonyl (C=O) groups is 3. The lowest BCUT2D eigenvalue weighted by Gasteiger charge is -2.41. The summed E-state index contributed by atoms with van der Waals surface area (Å²) in [5.41, 5.74) is -0.427. The maximum atomic E-state index is 14.0. The van der Waals surface area contributed by atoms with Crippen molar-refractivity contribution in [2.45, 2.75) is 102 Å². The molecule has 0 aliphatic carbocycles. The van der Waals surface area contributed by atoms with Crippen LogP contribution in [-0.4, -0.2) is 69.0 Å². The largest absolute Gasteiger partial charge is 0.394 e. The van der Waals surface area contributed by atoms with Crippen LogP contribution in [0.4, 0.5) is 0 Å². The van der Waals surface area contributed by atoms with Crippen LogP contribution >= 0.6 is 11.8 Å². The predicted molar refractivity (Wildman–Crippen MR) is 132 cm³/mol. The number of hydrogen-bond acceptors (Lipinski definition) is 5. The van der Waals surface area contributed by atoms with E-state index in [1.54, 1.807) is 23.7 Å². The average molecular weight is 482 g/mol. The van der Waals surface area contributed by atoms with Crippen molar-refractivity contribution in [1.82, 2.24) is 15.5 Å². The van der Waals surface area contributed by atoms with E-state index in [9.17, 15) is 19.5 Å². The van der Waals surface area contributed by atoms with Crippen LogP contribution in [0.1, 0.15) is 74.1 Å². The molecule has 0 aromatic heterocycles. The number of aliphatic hydroxyl groups excluding tert-OH is 1. The second-order valence-electron chi connectivity index (χ2n) is 12.2. The zero-order chi connectivity index (χ0) is 24.9. The van der Waals surface area contributed by atoms with Crippen LogP contribution in [0.3, 0.4) is 0 Å². The van der Waals surface area contributed by atoms with Gasteiger partial charge in [-0.2, -0.15) is 0 Å². The molecule has 1 spiro atoms. The first kappa shape index (κ1) is 26.3. The predicted octanol–water partition coefficient (Wildman–Crippen LogP) is 2.56. The van der Waals surface area contributed by atoms with Crippen molar-refractivity contribution in [3.8, 4) is 0 Å². The second-order valence-corrected chi connectivity index (χ2v) is 13.8. The normalized spacial score (nSPS) is 33.1. The van der Waals surface area contributed by atoms with Gasteiger partial charge in [0.2, 0.25) is 17.7 Å². The van der Waals surface area contributed by atoms with Gasteiger partial charge in [0, 0.05) is 17.8 Å². The van der Waals surface area contributed by atoms with Crippen LogP contribution in [0.25, 0.3) is 0 Å². The number of aliphatic hydroxyl groups is 1. The van der Waals surface area contributed by atoms with Gasteiger partial charge in [-0.25, -0.2) is 0 Å². The smallest absolute Gasteiger partial charge is 0.244 e. The van der Waals surface area contributed by atoms with Gasteiger partial charge in [0.05, 0.1) is 29.2 Å². The number of carbonyl (C=O) groups excluding carboxylic acids is 3. The number of hydrogen-bond donors (Lipinski definition) is 3. The first-order chi connectivity index (χ1) is 15.2. The first-order valence-electron chi connectivity index (χ1n) is 12.4. The van der Waals surface area contributed by atoms with Gasteiger partial charge in [-0.05, 0) is 44.4 Å². The Balaban J connectivity index is 2.05. The van der Waals surface area contributed by atoms with E-state index in [2.05, 4.69) is 31.4 Å². The first-order valence-corrected chi connectivity index (χ1v) is 13.3. The topological polar surface area (TPSA) is 98.7 Å². The molecule has 3 fully saturated rings. The summed E-state index contributed by atoms with van der Waals surface area (Å²) in [6.07, 6.45) is 3.13. The van der Waals surface area contributed by atoms with Gasteiger partial charge in [-0.3, -0.25) is 14.4 Å². The van der Waals surface area contributed by atoms with E-state index in [-0.39, 0.29) is 40.9 Å². The minimum absolute atomic E-state index is 0.0258. The molecule has 0 aromatic carbocycles. The Morgan fingerprint density at radius 2 is 1.88 bits per heavy atom. The van der Waals surface area contributed by atoms with Crippen molar-refractivity contribution in [2.75, 3.05) is 13.7 Å². The van der Waals surface area contributed by atoms with Gasteiger partial charge in [-0.15, -0.1) is 11.8 Å². The molecular formula is C25H43N3O4S. The molecule has 3 heterocycles. The summed E-state index contributed by atoms with van der Waals surface area (Å²) in [7, 11) is 1.61. The summed E-state index contributed by atoms with van der Waals surface area (Å²) < 4.78 is -0.623. The third kappa shape index (κ3) is 4.54. The molecule has 3 aliphatic heterocycles. The molecule has 2 unspecified atom stereocenters. The highest BCUT2D eigenvalue weighted by Gasteiger charge is 2.74. The lowest BCUT2D eigenvalue weighted by molar-refractivity contribution is -0.144. The molecule has 188 valence electrons. The lowest BCUT2D eigenvalue weighted by atomic mass is 9.70. The molecule has 8 heteroatoms. The number of nitrogens with one attached hydrogen (secondary N) is 2. The van der Waals surface area contributed by atoms with E-state index in [1.165, 1.54) is 0 Å². The van der Waals surface area contributed by atoms with Crippen molar-refractivity contribution < 1.29 is 19.5 Å². The van der Waals surface area contributed by atoms with Gasteiger partial charge in [0.1, 0.15) is 6.04 Å². The van der Waals surface area contributed by atoms with Crippen LogP contribution < -0.4 is 10.6 Å². The minimum Gasteiger partial charge on any atom is -0.394 e. The Kier molecular flexibility index (Phi) is 7.23. The molecule has 3 N–H and O–H groups in total.